The molecule has 4 rings (SSSR count). The van der Waals surface area contributed by atoms with Crippen LogP contribution < -0.4 is 10.5 Å². The number of benzene rings is 2. The molecule has 2 heterocycles. The van der Waals surface area contributed by atoms with Crippen molar-refractivity contribution in [1.82, 2.24) is 14.5 Å². The molecule has 1 aromatic heterocycles. The minimum Gasteiger partial charge on any atom is -0.366 e. The second-order valence-corrected chi connectivity index (χ2v) is 7.21. The normalized spacial score (nSPS) is 14.4. The maximum atomic E-state index is 14.0. The van der Waals surface area contributed by atoms with Crippen LogP contribution in [0.2, 0.25) is 0 Å². The van der Waals surface area contributed by atoms with Gasteiger partial charge in [0, 0.05) is 39.1 Å². The minimum atomic E-state index is -0.244. The molecule has 1 amide bonds. The Morgan fingerprint density at radius 1 is 1.03 bits per heavy atom. The summed E-state index contributed by atoms with van der Waals surface area (Å²) in [6.07, 6.45) is 0.243. The molecule has 1 fully saturated rings. The molecule has 7 heteroatoms. The van der Waals surface area contributed by atoms with Crippen molar-refractivity contribution < 1.29 is 9.18 Å². The van der Waals surface area contributed by atoms with Crippen molar-refractivity contribution in [2.45, 2.75) is 19.9 Å². The van der Waals surface area contributed by atoms with Crippen molar-refractivity contribution in [2.24, 2.45) is 0 Å². The number of amides is 1. The van der Waals surface area contributed by atoms with E-state index in [4.69, 9.17) is 0 Å². The zero-order valence-corrected chi connectivity index (χ0v) is 16.3. The van der Waals surface area contributed by atoms with E-state index in [1.807, 2.05) is 35.2 Å². The van der Waals surface area contributed by atoms with Gasteiger partial charge in [-0.15, -0.1) is 0 Å². The molecule has 150 valence electrons. The van der Waals surface area contributed by atoms with Gasteiger partial charge in [0.2, 0.25) is 5.91 Å². The van der Waals surface area contributed by atoms with E-state index in [1.165, 1.54) is 6.07 Å². The Labute approximate surface area is 168 Å². The molecule has 2 aromatic carbocycles. The molecular weight excluding hydrogens is 371 g/mol. The first-order valence-corrected chi connectivity index (χ1v) is 9.78. The summed E-state index contributed by atoms with van der Waals surface area (Å²) in [5.41, 5.74) is 2.32. The number of aromatic nitrogens is 2. The van der Waals surface area contributed by atoms with Gasteiger partial charge in [0.1, 0.15) is 11.5 Å². The second-order valence-electron chi connectivity index (χ2n) is 7.21. The smallest absolute Gasteiger partial charge is 0.272 e. The van der Waals surface area contributed by atoms with Crippen LogP contribution in [0, 0.1) is 12.7 Å². The van der Waals surface area contributed by atoms with Crippen LogP contribution in [-0.4, -0.2) is 46.5 Å². The molecule has 0 unspecified atom stereocenters. The molecule has 0 bridgehead atoms. The summed E-state index contributed by atoms with van der Waals surface area (Å²) in [7, 11) is 0. The standard InChI is InChI=1S/C22H23FN4O2/c1-16-22(29)27(20-9-5-3-7-18(20)24-16)11-10-21(28)26-14-12-25(13-15-26)19-8-4-2-6-17(19)23/h2-9H,10-15H2,1H3. The fourth-order valence-corrected chi connectivity index (χ4v) is 3.81. The lowest BCUT2D eigenvalue weighted by molar-refractivity contribution is -0.131. The Balaban J connectivity index is 1.42. The molecule has 0 saturated carbocycles. The first-order valence-electron chi connectivity index (χ1n) is 9.78. The molecule has 0 atom stereocenters. The summed E-state index contributed by atoms with van der Waals surface area (Å²) in [5.74, 6) is -0.241. The summed E-state index contributed by atoms with van der Waals surface area (Å²) in [6.45, 7) is 4.26. The van der Waals surface area contributed by atoms with E-state index in [0.29, 0.717) is 44.1 Å². The number of carbonyl (C=O) groups is 1. The molecule has 0 aliphatic carbocycles. The van der Waals surface area contributed by atoms with Gasteiger partial charge in [-0.3, -0.25) is 9.59 Å². The lowest BCUT2D eigenvalue weighted by Crippen LogP contribution is -2.49. The summed E-state index contributed by atoms with van der Waals surface area (Å²) in [6, 6.07) is 14.1. The van der Waals surface area contributed by atoms with Crippen LogP contribution in [0.4, 0.5) is 10.1 Å². The Bertz CT molecular complexity index is 1100. The summed E-state index contributed by atoms with van der Waals surface area (Å²) < 4.78 is 15.6. The van der Waals surface area contributed by atoms with E-state index in [2.05, 4.69) is 4.98 Å². The number of carbonyl (C=O) groups excluding carboxylic acids is 1. The van der Waals surface area contributed by atoms with Crippen molar-refractivity contribution in [3.8, 4) is 0 Å². The van der Waals surface area contributed by atoms with Gasteiger partial charge in [0.05, 0.1) is 16.7 Å². The van der Waals surface area contributed by atoms with E-state index >= 15 is 0 Å². The van der Waals surface area contributed by atoms with Crippen LogP contribution >= 0.6 is 0 Å². The number of aryl methyl sites for hydroxylation is 2. The lowest BCUT2D eigenvalue weighted by atomic mass is 10.2. The van der Waals surface area contributed by atoms with Crippen molar-refractivity contribution in [2.75, 3.05) is 31.1 Å². The summed E-state index contributed by atoms with van der Waals surface area (Å²) in [4.78, 5) is 33.3. The molecule has 6 nitrogen and oxygen atoms in total. The number of hydrogen-bond donors (Lipinski definition) is 0. The van der Waals surface area contributed by atoms with Crippen molar-refractivity contribution in [1.29, 1.82) is 0 Å². The fourth-order valence-electron chi connectivity index (χ4n) is 3.81. The number of fused-ring (bicyclic) bond motifs is 1. The monoisotopic (exact) mass is 394 g/mol. The third-order valence-corrected chi connectivity index (χ3v) is 5.39. The molecule has 0 radical (unpaired) electrons. The number of halogens is 1. The van der Waals surface area contributed by atoms with Crippen LogP contribution in [-0.2, 0) is 11.3 Å². The average molecular weight is 394 g/mol. The highest BCUT2D eigenvalue weighted by Gasteiger charge is 2.22. The van der Waals surface area contributed by atoms with Gasteiger partial charge in [-0.05, 0) is 31.2 Å². The van der Waals surface area contributed by atoms with Gasteiger partial charge in [-0.2, -0.15) is 0 Å². The third kappa shape index (κ3) is 3.85. The van der Waals surface area contributed by atoms with Gasteiger partial charge in [0.15, 0.2) is 0 Å². The average Bonchev–Trinajstić information content (AvgIpc) is 2.74. The number of rotatable bonds is 4. The maximum absolute atomic E-state index is 14.0. The number of anilines is 1. The van der Waals surface area contributed by atoms with E-state index in [0.717, 1.165) is 11.0 Å². The molecule has 1 saturated heterocycles. The van der Waals surface area contributed by atoms with Crippen LogP contribution in [0.1, 0.15) is 12.1 Å². The molecule has 29 heavy (non-hydrogen) atoms. The SMILES string of the molecule is Cc1nc2ccccc2n(CCC(=O)N2CCN(c3ccccc3F)CC2)c1=O. The topological polar surface area (TPSA) is 58.4 Å². The van der Waals surface area contributed by atoms with Crippen LogP contribution in [0.5, 0.6) is 0 Å². The van der Waals surface area contributed by atoms with Crippen LogP contribution in [0.3, 0.4) is 0 Å². The zero-order chi connectivity index (χ0) is 20.4. The van der Waals surface area contributed by atoms with Crippen molar-refractivity contribution >= 4 is 22.6 Å². The Morgan fingerprint density at radius 2 is 1.72 bits per heavy atom. The van der Waals surface area contributed by atoms with Crippen molar-refractivity contribution in [3.63, 3.8) is 0 Å². The highest BCUT2D eigenvalue weighted by atomic mass is 19.1. The molecular formula is C22H23FN4O2. The Hall–Kier alpha value is -3.22. The maximum Gasteiger partial charge on any atom is 0.272 e. The summed E-state index contributed by atoms with van der Waals surface area (Å²) in [5, 5.41) is 0. The zero-order valence-electron chi connectivity index (χ0n) is 16.3. The fraction of sp³-hybridized carbons (Fsp3) is 0.318. The molecule has 0 spiro atoms. The quantitative estimate of drug-likeness (QED) is 0.683. The largest absolute Gasteiger partial charge is 0.366 e. The minimum absolute atomic E-state index is 0.00336. The number of para-hydroxylation sites is 3. The highest BCUT2D eigenvalue weighted by Crippen LogP contribution is 2.20. The molecule has 1 aliphatic rings. The highest BCUT2D eigenvalue weighted by molar-refractivity contribution is 5.77. The van der Waals surface area contributed by atoms with E-state index in [9.17, 15) is 14.0 Å². The van der Waals surface area contributed by atoms with E-state index < -0.39 is 0 Å². The predicted molar refractivity (Wildman–Crippen MR) is 111 cm³/mol. The van der Waals surface area contributed by atoms with Crippen LogP contribution in [0.25, 0.3) is 11.0 Å². The predicted octanol–water partition coefficient (Wildman–Crippen LogP) is 2.58. The first kappa shape index (κ1) is 19.1. The van der Waals surface area contributed by atoms with Crippen LogP contribution in [0.15, 0.2) is 53.3 Å². The van der Waals surface area contributed by atoms with Gasteiger partial charge in [0.25, 0.3) is 5.56 Å². The molecule has 0 N–H and O–H groups in total. The van der Waals surface area contributed by atoms with Gasteiger partial charge in [-0.25, -0.2) is 9.37 Å². The molecule has 1 aliphatic heterocycles. The number of nitrogens with zero attached hydrogens (tertiary/aromatic N) is 4. The summed E-state index contributed by atoms with van der Waals surface area (Å²) >= 11 is 0. The Morgan fingerprint density at radius 3 is 2.48 bits per heavy atom. The van der Waals surface area contributed by atoms with Gasteiger partial charge >= 0.3 is 0 Å². The van der Waals surface area contributed by atoms with E-state index in [1.54, 1.807) is 28.5 Å². The number of piperazine rings is 1. The van der Waals surface area contributed by atoms with Gasteiger partial charge < -0.3 is 14.4 Å². The van der Waals surface area contributed by atoms with Gasteiger partial charge in [-0.1, -0.05) is 24.3 Å². The van der Waals surface area contributed by atoms with Crippen molar-refractivity contribution in [3.05, 3.63) is 70.4 Å². The first-order chi connectivity index (χ1) is 14.0. The van der Waals surface area contributed by atoms with E-state index in [-0.39, 0.29) is 23.7 Å². The Kier molecular flexibility index (Phi) is 5.29. The lowest BCUT2D eigenvalue weighted by Gasteiger charge is -2.36. The third-order valence-electron chi connectivity index (χ3n) is 5.39. The second kappa shape index (κ2) is 8.03. The number of hydrogen-bond acceptors (Lipinski definition) is 4. The molecule has 3 aromatic rings.